The summed E-state index contributed by atoms with van der Waals surface area (Å²) in [6, 6.07) is 11.7. The molecule has 18 heavy (non-hydrogen) atoms. The second-order valence-electron chi connectivity index (χ2n) is 4.20. The van der Waals surface area contributed by atoms with Crippen LogP contribution in [0.2, 0.25) is 5.02 Å². The van der Waals surface area contributed by atoms with E-state index >= 15 is 0 Å². The number of nitrogen functional groups attached to an aromatic ring is 1. The molecule has 0 saturated heterocycles. The first-order chi connectivity index (χ1) is 8.65. The minimum Gasteiger partial charge on any atom is -0.398 e. The molecule has 90 valence electrons. The molecule has 4 heteroatoms. The van der Waals surface area contributed by atoms with E-state index in [9.17, 15) is 0 Å². The maximum Gasteiger partial charge on any atom is 0.126 e. The number of aryl methyl sites for hydroxylation is 1. The van der Waals surface area contributed by atoms with Crippen molar-refractivity contribution in [2.45, 2.75) is 6.92 Å². The number of hydrogen-bond acceptors (Lipinski definition) is 3. The van der Waals surface area contributed by atoms with Crippen LogP contribution in [0.4, 0.5) is 5.69 Å². The van der Waals surface area contributed by atoms with E-state index in [0.717, 1.165) is 31.5 Å². The van der Waals surface area contributed by atoms with E-state index in [0.29, 0.717) is 0 Å². The van der Waals surface area contributed by atoms with Crippen molar-refractivity contribution in [1.29, 1.82) is 0 Å². The second-order valence-corrected chi connectivity index (χ2v) is 5.60. The van der Waals surface area contributed by atoms with Crippen LogP contribution in [-0.2, 0) is 0 Å². The Morgan fingerprint density at radius 2 is 2.06 bits per heavy atom. The smallest absolute Gasteiger partial charge is 0.126 e. The first-order valence-corrected chi connectivity index (χ1v) is 6.76. The predicted octanol–water partition coefficient (Wildman–Crippen LogP) is 4.51. The molecule has 0 amide bonds. The van der Waals surface area contributed by atoms with Crippen LogP contribution in [0.25, 0.3) is 20.8 Å². The number of nitrogens with two attached hydrogens (primary N) is 1. The van der Waals surface area contributed by atoms with Crippen LogP contribution >= 0.6 is 22.9 Å². The highest BCUT2D eigenvalue weighted by molar-refractivity contribution is 7.22. The third-order valence-electron chi connectivity index (χ3n) is 2.81. The third-order valence-corrected chi connectivity index (χ3v) is 4.37. The molecule has 0 bridgehead atoms. The molecule has 0 saturated carbocycles. The SMILES string of the molecule is Cc1ccc(N)c(-c2nc3cccc(Cl)c3s2)c1. The molecule has 0 aliphatic heterocycles. The van der Waals surface area contributed by atoms with E-state index in [1.54, 1.807) is 11.3 Å². The second kappa shape index (κ2) is 4.26. The highest BCUT2D eigenvalue weighted by atomic mass is 35.5. The lowest BCUT2D eigenvalue weighted by Gasteiger charge is -2.02. The van der Waals surface area contributed by atoms with Gasteiger partial charge in [0.2, 0.25) is 0 Å². The van der Waals surface area contributed by atoms with Gasteiger partial charge in [-0.2, -0.15) is 0 Å². The third kappa shape index (κ3) is 1.85. The van der Waals surface area contributed by atoms with E-state index in [-0.39, 0.29) is 0 Å². The summed E-state index contributed by atoms with van der Waals surface area (Å²) in [7, 11) is 0. The Kier molecular flexibility index (Phi) is 2.73. The maximum absolute atomic E-state index is 6.17. The number of aromatic nitrogens is 1. The monoisotopic (exact) mass is 274 g/mol. The Balaban J connectivity index is 2.26. The number of benzene rings is 2. The molecule has 0 atom stereocenters. The lowest BCUT2D eigenvalue weighted by Crippen LogP contribution is -1.89. The molecule has 0 unspecified atom stereocenters. The molecule has 0 fully saturated rings. The molecular weight excluding hydrogens is 264 g/mol. The van der Waals surface area contributed by atoms with E-state index in [1.165, 1.54) is 5.56 Å². The number of thiazole rings is 1. The van der Waals surface area contributed by atoms with Crippen molar-refractivity contribution in [2.24, 2.45) is 0 Å². The molecule has 0 aliphatic carbocycles. The van der Waals surface area contributed by atoms with Gasteiger partial charge in [0.15, 0.2) is 0 Å². The van der Waals surface area contributed by atoms with Gasteiger partial charge in [0.1, 0.15) is 5.01 Å². The fourth-order valence-corrected chi connectivity index (χ4v) is 3.18. The van der Waals surface area contributed by atoms with Gasteiger partial charge in [0.05, 0.1) is 15.2 Å². The van der Waals surface area contributed by atoms with Crippen LogP contribution < -0.4 is 5.73 Å². The highest BCUT2D eigenvalue weighted by Gasteiger charge is 2.11. The standard InChI is InChI=1S/C14H11ClN2S/c1-8-5-6-11(16)9(7-8)14-17-12-4-2-3-10(15)13(12)18-14/h2-7H,16H2,1H3. The van der Waals surface area contributed by atoms with Crippen molar-refractivity contribution in [3.8, 4) is 10.6 Å². The summed E-state index contributed by atoms with van der Waals surface area (Å²) in [6.07, 6.45) is 0. The topological polar surface area (TPSA) is 38.9 Å². The zero-order valence-corrected chi connectivity index (χ0v) is 11.3. The van der Waals surface area contributed by atoms with Crippen molar-refractivity contribution in [3.05, 3.63) is 47.0 Å². The number of nitrogens with zero attached hydrogens (tertiary/aromatic N) is 1. The molecule has 0 spiro atoms. The fourth-order valence-electron chi connectivity index (χ4n) is 1.89. The molecule has 0 aliphatic rings. The normalized spacial score (nSPS) is 11.0. The van der Waals surface area contributed by atoms with Crippen LogP contribution in [0, 0.1) is 6.92 Å². The number of halogens is 1. The van der Waals surface area contributed by atoms with Crippen molar-refractivity contribution >= 4 is 38.8 Å². The van der Waals surface area contributed by atoms with Gasteiger partial charge in [-0.25, -0.2) is 4.98 Å². The quantitative estimate of drug-likeness (QED) is 0.663. The van der Waals surface area contributed by atoms with Crippen molar-refractivity contribution in [1.82, 2.24) is 4.98 Å². The summed E-state index contributed by atoms with van der Waals surface area (Å²) in [4.78, 5) is 4.60. The molecule has 0 radical (unpaired) electrons. The first kappa shape index (κ1) is 11.5. The van der Waals surface area contributed by atoms with Crippen molar-refractivity contribution in [3.63, 3.8) is 0 Å². The van der Waals surface area contributed by atoms with Gasteiger partial charge in [-0.1, -0.05) is 29.3 Å². The van der Waals surface area contributed by atoms with Crippen LogP contribution in [-0.4, -0.2) is 4.98 Å². The summed E-state index contributed by atoms with van der Waals surface area (Å²) >= 11 is 7.74. The van der Waals surface area contributed by atoms with Crippen molar-refractivity contribution in [2.75, 3.05) is 5.73 Å². The average Bonchev–Trinajstić information content (AvgIpc) is 2.77. The number of hydrogen-bond donors (Lipinski definition) is 1. The lowest BCUT2D eigenvalue weighted by atomic mass is 10.1. The van der Waals surface area contributed by atoms with Crippen molar-refractivity contribution < 1.29 is 0 Å². The number of anilines is 1. The molecule has 1 aromatic heterocycles. The summed E-state index contributed by atoms with van der Waals surface area (Å²) in [5.41, 5.74) is 9.83. The Hall–Kier alpha value is -1.58. The summed E-state index contributed by atoms with van der Waals surface area (Å²) in [6.45, 7) is 2.04. The fraction of sp³-hybridized carbons (Fsp3) is 0.0714. The summed E-state index contributed by atoms with van der Waals surface area (Å²) in [5.74, 6) is 0. The Labute approximate surface area is 114 Å². The number of fused-ring (bicyclic) bond motifs is 1. The average molecular weight is 275 g/mol. The number of rotatable bonds is 1. The summed E-state index contributed by atoms with van der Waals surface area (Å²) < 4.78 is 1.01. The molecular formula is C14H11ClN2S. The maximum atomic E-state index is 6.17. The van der Waals surface area contributed by atoms with Gasteiger partial charge < -0.3 is 5.73 Å². The predicted molar refractivity (Wildman–Crippen MR) is 79.2 cm³/mol. The zero-order chi connectivity index (χ0) is 12.7. The summed E-state index contributed by atoms with van der Waals surface area (Å²) in [5, 5.41) is 1.65. The first-order valence-electron chi connectivity index (χ1n) is 5.57. The molecule has 3 rings (SSSR count). The largest absolute Gasteiger partial charge is 0.398 e. The van der Waals surface area contributed by atoms with Gasteiger partial charge in [-0.15, -0.1) is 11.3 Å². The van der Waals surface area contributed by atoms with Gasteiger partial charge in [-0.3, -0.25) is 0 Å². The Bertz CT molecular complexity index is 734. The Morgan fingerprint density at radius 1 is 1.22 bits per heavy atom. The minimum absolute atomic E-state index is 0.738. The van der Waals surface area contributed by atoms with E-state index in [4.69, 9.17) is 17.3 Å². The molecule has 2 nitrogen and oxygen atoms in total. The lowest BCUT2D eigenvalue weighted by molar-refractivity contribution is 1.43. The van der Waals surface area contributed by atoms with Crippen LogP contribution in [0.1, 0.15) is 5.56 Å². The van der Waals surface area contributed by atoms with E-state index < -0.39 is 0 Å². The molecule has 3 aromatic rings. The zero-order valence-electron chi connectivity index (χ0n) is 9.77. The highest BCUT2D eigenvalue weighted by Crippen LogP contribution is 2.36. The van der Waals surface area contributed by atoms with Crippen LogP contribution in [0.5, 0.6) is 0 Å². The van der Waals surface area contributed by atoms with Gasteiger partial charge in [-0.05, 0) is 31.2 Å². The van der Waals surface area contributed by atoms with Gasteiger partial charge in [0, 0.05) is 11.3 Å². The van der Waals surface area contributed by atoms with Crippen LogP contribution in [0.15, 0.2) is 36.4 Å². The molecule has 2 aromatic carbocycles. The van der Waals surface area contributed by atoms with Gasteiger partial charge in [0.25, 0.3) is 0 Å². The molecule has 1 heterocycles. The molecule has 2 N–H and O–H groups in total. The van der Waals surface area contributed by atoms with Crippen LogP contribution in [0.3, 0.4) is 0 Å². The van der Waals surface area contributed by atoms with E-state index in [2.05, 4.69) is 11.1 Å². The van der Waals surface area contributed by atoms with Gasteiger partial charge >= 0.3 is 0 Å². The Morgan fingerprint density at radius 3 is 2.83 bits per heavy atom. The van der Waals surface area contributed by atoms with E-state index in [1.807, 2.05) is 37.3 Å². The minimum atomic E-state index is 0.738.